The van der Waals surface area contributed by atoms with Crippen molar-refractivity contribution in [1.29, 1.82) is 0 Å². The van der Waals surface area contributed by atoms with Crippen LogP contribution in [0.4, 0.5) is 0 Å². The van der Waals surface area contributed by atoms with E-state index in [2.05, 4.69) is 52.6 Å². The molecule has 0 spiro atoms. The first-order valence-electron chi connectivity index (χ1n) is 45.7. The SMILES string of the molecule is C=C[C@](C)(CC/C=C(\CO)C(=O)O[C@H]1C[C@@]2(C(=O)O[C@@H]3O[C@H](CO)[C@@H](O)[C@H](O)[C@H]3O[C@@H]3O[C@@H](C)[C@H](O[C@@H]4O[C@@H](CO)[C@H](O)[C@H]4O)[C@@H](O[C@@H]4O[C@H](CO)[C@@H](O)[C@H](O)[C@H]4O)[C@H]3O)C(CC1(C)C)C1=CC[C@@H]3[C@@]4(C)CC[C@H](O[C@@H]5O[C@H](CO[C@@H]6O[C@H](C)[C@H](O)[C@H](O)[C@H]6O[C@@H]6OC[C@@H](O)[C@H](O)[C@H]6O)[C@@H](O)[C@H](O)[C@H]5NC(C)=O)C(C)(C)C4CC[C@@]3(C)[C@]1(C)C[C@H]2O)O[C@@H]1O[C@H](C)[C@@H](O)[C@H](O)[C@H]1O. The predicted molar refractivity (Wildman–Crippen MR) is 441 cm³/mol. The van der Waals surface area contributed by atoms with Gasteiger partial charge in [0.1, 0.15) is 170 Å². The fraction of sp³-hybridized carbons (Fsp3) is 0.898. The molecule has 0 aromatic heterocycles. The molecule has 8 heterocycles. The second-order valence-corrected chi connectivity index (χ2v) is 40.8. The zero-order valence-electron chi connectivity index (χ0n) is 76.1. The summed E-state index contributed by atoms with van der Waals surface area (Å²) in [6.07, 6.45) is -61.8. The van der Waals surface area contributed by atoms with Gasteiger partial charge in [0.2, 0.25) is 12.2 Å². The van der Waals surface area contributed by atoms with Gasteiger partial charge >= 0.3 is 11.9 Å². The van der Waals surface area contributed by atoms with E-state index < -0.39 is 360 Å². The Hall–Kier alpha value is -3.89. The average molecular weight is 1900 g/mol. The summed E-state index contributed by atoms with van der Waals surface area (Å²) >= 11 is 0. The van der Waals surface area contributed by atoms with Crippen LogP contribution in [0.3, 0.4) is 0 Å². The van der Waals surface area contributed by atoms with E-state index in [-0.39, 0.29) is 43.1 Å². The van der Waals surface area contributed by atoms with Gasteiger partial charge in [0.25, 0.3) is 0 Å². The number of amides is 1. The zero-order chi connectivity index (χ0) is 97.0. The van der Waals surface area contributed by atoms with Crippen LogP contribution >= 0.6 is 0 Å². The number of aliphatic hydroxyl groups excluding tert-OH is 23. The zero-order valence-corrected chi connectivity index (χ0v) is 76.1. The summed E-state index contributed by atoms with van der Waals surface area (Å²) in [4.78, 5) is 44.7. The lowest BCUT2D eigenvalue weighted by molar-refractivity contribution is -0.390. The van der Waals surface area contributed by atoms with Crippen LogP contribution in [0.1, 0.15) is 147 Å². The molecule has 13 rings (SSSR count). The number of hydrogen-bond donors (Lipinski definition) is 24. The highest BCUT2D eigenvalue weighted by molar-refractivity contribution is 5.89. The molecule has 0 bridgehead atoms. The molecular weight excluding hydrogens is 1760 g/mol. The molecule has 0 aromatic rings. The van der Waals surface area contributed by atoms with Crippen LogP contribution in [0.25, 0.3) is 0 Å². The number of allylic oxidation sites excluding steroid dienone is 3. The molecule has 4 saturated carbocycles. The van der Waals surface area contributed by atoms with Crippen molar-refractivity contribution in [3.63, 3.8) is 0 Å². The molecule has 13 aliphatic rings. The molecule has 2 unspecified atom stereocenters. The molecule has 0 radical (unpaired) electrons. The number of esters is 2. The van der Waals surface area contributed by atoms with Crippen LogP contribution in [0.15, 0.2) is 36.0 Å². The van der Waals surface area contributed by atoms with E-state index in [1.165, 1.54) is 39.8 Å². The smallest absolute Gasteiger partial charge is 0.336 e. The highest BCUT2D eigenvalue weighted by Gasteiger charge is 2.74. The first-order chi connectivity index (χ1) is 61.9. The van der Waals surface area contributed by atoms with E-state index in [0.29, 0.717) is 32.1 Å². The number of hydrogen-bond acceptors (Lipinski definition) is 43. The van der Waals surface area contributed by atoms with Crippen molar-refractivity contribution in [2.24, 2.45) is 50.2 Å². The number of aliphatic hydroxyl groups is 23. The van der Waals surface area contributed by atoms with E-state index in [9.17, 15) is 127 Å². The number of nitrogens with one attached hydrogen (secondary N) is 1. The van der Waals surface area contributed by atoms with E-state index in [0.717, 1.165) is 5.57 Å². The minimum Gasteiger partial charge on any atom is -0.458 e. The largest absolute Gasteiger partial charge is 0.458 e. The van der Waals surface area contributed by atoms with Gasteiger partial charge in [-0.2, -0.15) is 0 Å². The second-order valence-electron chi connectivity index (χ2n) is 40.8. The van der Waals surface area contributed by atoms with E-state index in [1.807, 2.05) is 0 Å². The molecule has 24 N–H and O–H groups in total. The molecule has 12 fully saturated rings. The van der Waals surface area contributed by atoms with Gasteiger partial charge in [-0.25, -0.2) is 4.79 Å². The molecule has 0 aromatic carbocycles. The maximum absolute atomic E-state index is 16.8. The molecule has 49 atom stereocenters. The van der Waals surface area contributed by atoms with Gasteiger partial charge in [-0.3, -0.25) is 9.59 Å². The average Bonchev–Trinajstić information content (AvgIpc) is 0.671. The Morgan fingerprint density at radius 2 is 1.02 bits per heavy atom. The highest BCUT2D eigenvalue weighted by atomic mass is 16.8. The fourth-order valence-electron chi connectivity index (χ4n) is 23.5. The lowest BCUT2D eigenvalue weighted by Crippen LogP contribution is -2.70. The minimum absolute atomic E-state index is 0.0184. The van der Waals surface area contributed by atoms with Crippen LogP contribution in [-0.2, 0) is 94.9 Å². The fourth-order valence-corrected chi connectivity index (χ4v) is 23.5. The monoisotopic (exact) mass is 1900 g/mol. The number of ether oxygens (including phenoxy) is 17. The molecule has 44 heteroatoms. The predicted octanol–water partition coefficient (Wildman–Crippen LogP) is -7.11. The standard InChI is InChI=1S/C88H141NO43/c1-14-84(10,132-78-66(112)59(105)51(97)33(2)118-78)21-15-16-37(27-90)72(114)125-49-26-88(81(115)131-80-71(62(108)55(101)42(29-92)123-80)130-77-67(113)69(128-76-65(111)60(106)54(100)41(28-91)121-76)68(35(4)120-77)127-75-64(110)56(102)43(30-93)122-75)39(24-82(49,6)7)38-17-18-46-85(11)22-20-48(83(8,9)45(85)19-23-86(46,12)87(38,13)25-47(88)96)126-73-50(89-36(5)94)58(104)57(103)44(124-73)32-117-79-70(61(107)52(98)34(3)119-79)129-74-63(109)53(99)40(95)31-116-74/h14,16-17,33-35,39-71,73-80,90-93,95-113H,1,15,18-32H2,2-13H3,(H,89,94)/b37-16+/t33-,34-,35+,39?,40-,41-,42-,43+,44-,45?,46-,47-,48+,49+,50-,51-,52+,53+,54-,55-,56+,57-,58-,59+,60+,61+,62+,63-,64-,65-,66-,67-,68+,69+,70-,71-,73+,74+,75+,76+,77+,78+,79-,80+,84-,85+,86-,87-,88-/m1/s1. The summed E-state index contributed by atoms with van der Waals surface area (Å²) in [6.45, 7) is 20.4. The van der Waals surface area contributed by atoms with Crippen LogP contribution < -0.4 is 5.32 Å². The highest BCUT2D eigenvalue weighted by Crippen LogP contribution is 2.76. The lowest BCUT2D eigenvalue weighted by atomic mass is 9.33. The van der Waals surface area contributed by atoms with E-state index in [1.54, 1.807) is 20.8 Å². The van der Waals surface area contributed by atoms with Gasteiger partial charge < -0.3 is 203 Å². The molecule has 8 saturated heterocycles. The molecule has 44 nitrogen and oxygen atoms in total. The van der Waals surface area contributed by atoms with Crippen molar-refractivity contribution >= 4 is 17.8 Å². The minimum atomic E-state index is -2.28. The molecule has 5 aliphatic carbocycles. The third kappa shape index (κ3) is 19.5. The Labute approximate surface area is 763 Å². The van der Waals surface area contributed by atoms with Crippen molar-refractivity contribution in [3.05, 3.63) is 36.0 Å². The van der Waals surface area contributed by atoms with Crippen LogP contribution in [0, 0.1) is 50.2 Å². The van der Waals surface area contributed by atoms with Gasteiger partial charge in [-0.15, -0.1) is 6.58 Å². The first kappa shape index (κ1) is 105. The Bertz CT molecular complexity index is 3980. The summed E-state index contributed by atoms with van der Waals surface area (Å²) in [7, 11) is 0. The maximum atomic E-state index is 16.8. The Balaban J connectivity index is 0.799. The van der Waals surface area contributed by atoms with E-state index in [4.69, 9.17) is 80.5 Å². The molecule has 1 amide bonds. The van der Waals surface area contributed by atoms with Crippen molar-refractivity contribution in [2.45, 2.75) is 405 Å². The molecule has 8 aliphatic heterocycles. The van der Waals surface area contributed by atoms with Crippen molar-refractivity contribution in [1.82, 2.24) is 5.32 Å². The van der Waals surface area contributed by atoms with Crippen molar-refractivity contribution in [3.8, 4) is 0 Å². The number of rotatable bonds is 28. The molecular formula is C88H141NO43. The normalized spacial score (nSPS) is 50.7. The lowest BCUT2D eigenvalue weighted by Gasteiger charge is -2.72. The van der Waals surface area contributed by atoms with E-state index >= 15 is 4.79 Å². The summed E-state index contributed by atoms with van der Waals surface area (Å²) in [6, 6.07) is -1.37. The Morgan fingerprint density at radius 3 is 1.64 bits per heavy atom. The van der Waals surface area contributed by atoms with Gasteiger partial charge in [-0.05, 0) is 125 Å². The van der Waals surface area contributed by atoms with Crippen LogP contribution in [0.5, 0.6) is 0 Å². The van der Waals surface area contributed by atoms with Crippen molar-refractivity contribution < 1.29 is 212 Å². The summed E-state index contributed by atoms with van der Waals surface area (Å²) < 4.78 is 104. The number of carbonyl (C=O) groups excluding carboxylic acids is 3. The Kier molecular flexibility index (Phi) is 32.7. The van der Waals surface area contributed by atoms with Gasteiger partial charge in [-0.1, -0.05) is 72.3 Å². The van der Waals surface area contributed by atoms with Gasteiger partial charge in [0.15, 0.2) is 50.1 Å². The van der Waals surface area contributed by atoms with Gasteiger partial charge in [0.05, 0.1) is 81.3 Å². The van der Waals surface area contributed by atoms with Gasteiger partial charge in [0, 0.05) is 18.8 Å². The topological polar surface area (TPSA) is 685 Å². The molecule has 756 valence electrons. The molecule has 132 heavy (non-hydrogen) atoms. The number of fused-ring (bicyclic) bond motifs is 7. The quantitative estimate of drug-likeness (QED) is 0.0150. The van der Waals surface area contributed by atoms with Crippen molar-refractivity contribution in [2.75, 3.05) is 39.6 Å². The Morgan fingerprint density at radius 1 is 0.508 bits per heavy atom. The van der Waals surface area contributed by atoms with Crippen LogP contribution in [-0.4, -0.2) is 432 Å². The maximum Gasteiger partial charge on any atom is 0.336 e. The summed E-state index contributed by atoms with van der Waals surface area (Å²) in [5.74, 6) is -4.29. The third-order valence-electron chi connectivity index (χ3n) is 31.8. The summed E-state index contributed by atoms with van der Waals surface area (Å²) in [5, 5.41) is 259. The third-order valence-corrected chi connectivity index (χ3v) is 31.8. The summed E-state index contributed by atoms with van der Waals surface area (Å²) in [5.41, 5.74) is -7.29. The number of carbonyl (C=O) groups is 3. The first-order valence-corrected chi connectivity index (χ1v) is 45.7. The second kappa shape index (κ2) is 41.0. The van der Waals surface area contributed by atoms with Crippen LogP contribution in [0.2, 0.25) is 0 Å².